The van der Waals surface area contributed by atoms with Gasteiger partial charge in [0, 0.05) is 31.3 Å². The number of benzene rings is 1. The van der Waals surface area contributed by atoms with Crippen molar-refractivity contribution in [1.82, 2.24) is 10.2 Å². The van der Waals surface area contributed by atoms with Crippen molar-refractivity contribution in [2.24, 2.45) is 0 Å². The number of aryl methyl sites for hydroxylation is 2. The summed E-state index contributed by atoms with van der Waals surface area (Å²) in [5.41, 5.74) is 1.85. The molecule has 1 aromatic carbocycles. The van der Waals surface area contributed by atoms with Gasteiger partial charge in [-0.25, -0.2) is 0 Å². The van der Waals surface area contributed by atoms with Crippen LogP contribution in [0, 0.1) is 13.8 Å². The highest BCUT2D eigenvalue weighted by Gasteiger charge is 2.23. The number of carbonyl (C=O) groups is 2. The molecule has 0 radical (unpaired) electrons. The Kier molecular flexibility index (Phi) is 7.72. The van der Waals surface area contributed by atoms with Crippen LogP contribution in [0.15, 0.2) is 12.1 Å². The van der Waals surface area contributed by atoms with Crippen molar-refractivity contribution < 1.29 is 19.1 Å². The van der Waals surface area contributed by atoms with Crippen LogP contribution in [0.25, 0.3) is 0 Å². The lowest BCUT2D eigenvalue weighted by Gasteiger charge is -2.32. The minimum atomic E-state index is -0.153. The van der Waals surface area contributed by atoms with Crippen LogP contribution in [-0.2, 0) is 14.3 Å². The zero-order valence-electron chi connectivity index (χ0n) is 15.6. The van der Waals surface area contributed by atoms with E-state index >= 15 is 0 Å². The van der Waals surface area contributed by atoms with Crippen molar-refractivity contribution in [2.45, 2.75) is 39.2 Å². The first-order chi connectivity index (χ1) is 12.4. The van der Waals surface area contributed by atoms with Crippen molar-refractivity contribution >= 4 is 23.4 Å². The third kappa shape index (κ3) is 5.88. The second-order valence-electron chi connectivity index (χ2n) is 6.63. The Hall–Kier alpha value is -1.79. The minimum Gasteiger partial charge on any atom is -0.484 e. The number of nitrogens with one attached hydrogen (secondary N) is 1. The molecule has 6 nitrogen and oxygen atoms in total. The van der Waals surface area contributed by atoms with E-state index < -0.39 is 0 Å². The molecule has 0 unspecified atom stereocenters. The van der Waals surface area contributed by atoms with Crippen molar-refractivity contribution in [3.8, 4) is 5.75 Å². The van der Waals surface area contributed by atoms with E-state index in [9.17, 15) is 9.59 Å². The molecule has 1 heterocycles. The van der Waals surface area contributed by atoms with Crippen LogP contribution in [-0.4, -0.2) is 56.2 Å². The SMILES string of the molecule is COCCC(=O)N1CCC(NC(=O)COc2cc(C)c(Cl)c(C)c2)CC1. The summed E-state index contributed by atoms with van der Waals surface area (Å²) in [6.07, 6.45) is 1.91. The molecule has 1 saturated heterocycles. The molecule has 7 heteroatoms. The Bertz CT molecular complexity index is 619. The van der Waals surface area contributed by atoms with Gasteiger partial charge in [-0.3, -0.25) is 9.59 Å². The summed E-state index contributed by atoms with van der Waals surface area (Å²) in [5, 5.41) is 3.70. The predicted octanol–water partition coefficient (Wildman–Crippen LogP) is 2.48. The number of hydrogen-bond acceptors (Lipinski definition) is 4. The van der Waals surface area contributed by atoms with Crippen LogP contribution >= 0.6 is 11.6 Å². The lowest BCUT2D eigenvalue weighted by Crippen LogP contribution is -2.47. The van der Waals surface area contributed by atoms with E-state index in [4.69, 9.17) is 21.1 Å². The highest BCUT2D eigenvalue weighted by atomic mass is 35.5. The number of likely N-dealkylation sites (tertiary alicyclic amines) is 1. The first-order valence-corrected chi connectivity index (χ1v) is 9.24. The fourth-order valence-electron chi connectivity index (χ4n) is 3.03. The van der Waals surface area contributed by atoms with E-state index in [1.807, 2.05) is 30.9 Å². The topological polar surface area (TPSA) is 67.9 Å². The van der Waals surface area contributed by atoms with E-state index in [1.165, 1.54) is 0 Å². The van der Waals surface area contributed by atoms with E-state index in [0.29, 0.717) is 36.9 Å². The Labute approximate surface area is 159 Å². The van der Waals surface area contributed by atoms with Crippen molar-refractivity contribution in [3.63, 3.8) is 0 Å². The van der Waals surface area contributed by atoms with Gasteiger partial charge < -0.3 is 19.7 Å². The lowest BCUT2D eigenvalue weighted by molar-refractivity contribution is -0.133. The maximum atomic E-state index is 12.1. The van der Waals surface area contributed by atoms with Gasteiger partial charge >= 0.3 is 0 Å². The molecular weight excluding hydrogens is 356 g/mol. The molecule has 1 N–H and O–H groups in total. The number of methoxy groups -OCH3 is 1. The highest BCUT2D eigenvalue weighted by molar-refractivity contribution is 6.32. The van der Waals surface area contributed by atoms with Gasteiger partial charge in [-0.05, 0) is 49.9 Å². The third-order valence-electron chi connectivity index (χ3n) is 4.51. The molecule has 1 aliphatic heterocycles. The zero-order chi connectivity index (χ0) is 19.1. The normalized spacial score (nSPS) is 15.0. The van der Waals surface area contributed by atoms with E-state index in [2.05, 4.69) is 5.32 Å². The van der Waals surface area contributed by atoms with Crippen LogP contribution in [0.5, 0.6) is 5.75 Å². The number of carbonyl (C=O) groups excluding carboxylic acids is 2. The molecule has 0 aliphatic carbocycles. The van der Waals surface area contributed by atoms with Crippen molar-refractivity contribution in [2.75, 3.05) is 33.4 Å². The Morgan fingerprint density at radius 1 is 1.23 bits per heavy atom. The summed E-state index contributed by atoms with van der Waals surface area (Å²) in [4.78, 5) is 25.9. The second-order valence-corrected chi connectivity index (χ2v) is 7.00. The summed E-state index contributed by atoms with van der Waals surface area (Å²) in [6, 6.07) is 3.73. The molecule has 2 amide bonds. The molecule has 0 saturated carbocycles. The number of rotatable bonds is 7. The summed E-state index contributed by atoms with van der Waals surface area (Å²) < 4.78 is 10.5. The van der Waals surface area contributed by atoms with Gasteiger partial charge in [0.15, 0.2) is 6.61 Å². The Morgan fingerprint density at radius 2 is 1.85 bits per heavy atom. The fourth-order valence-corrected chi connectivity index (χ4v) is 3.14. The third-order valence-corrected chi connectivity index (χ3v) is 5.11. The van der Waals surface area contributed by atoms with Gasteiger partial charge in [-0.1, -0.05) is 11.6 Å². The van der Waals surface area contributed by atoms with Crippen LogP contribution < -0.4 is 10.1 Å². The van der Waals surface area contributed by atoms with Crippen LogP contribution in [0.1, 0.15) is 30.4 Å². The number of ether oxygens (including phenoxy) is 2. The molecule has 26 heavy (non-hydrogen) atoms. The summed E-state index contributed by atoms with van der Waals surface area (Å²) in [5.74, 6) is 0.589. The van der Waals surface area contributed by atoms with Crippen molar-refractivity contribution in [3.05, 3.63) is 28.3 Å². The first-order valence-electron chi connectivity index (χ1n) is 8.86. The molecule has 0 atom stereocenters. The van der Waals surface area contributed by atoms with E-state index in [1.54, 1.807) is 7.11 Å². The van der Waals surface area contributed by atoms with Crippen molar-refractivity contribution in [1.29, 1.82) is 0 Å². The largest absolute Gasteiger partial charge is 0.484 e. The number of piperidine rings is 1. The van der Waals surface area contributed by atoms with Gasteiger partial charge in [0.25, 0.3) is 5.91 Å². The maximum absolute atomic E-state index is 12.1. The molecule has 1 aromatic rings. The Balaban J connectivity index is 1.73. The zero-order valence-corrected chi connectivity index (χ0v) is 16.4. The smallest absolute Gasteiger partial charge is 0.258 e. The average molecular weight is 383 g/mol. The van der Waals surface area contributed by atoms with Crippen LogP contribution in [0.4, 0.5) is 0 Å². The summed E-state index contributed by atoms with van der Waals surface area (Å²) in [7, 11) is 1.59. The molecule has 1 fully saturated rings. The monoisotopic (exact) mass is 382 g/mol. The highest BCUT2D eigenvalue weighted by Crippen LogP contribution is 2.25. The first kappa shape index (κ1) is 20.5. The average Bonchev–Trinajstić information content (AvgIpc) is 2.63. The molecule has 0 spiro atoms. The minimum absolute atomic E-state index is 0.0342. The maximum Gasteiger partial charge on any atom is 0.258 e. The predicted molar refractivity (Wildman–Crippen MR) is 101 cm³/mol. The van der Waals surface area contributed by atoms with Gasteiger partial charge in [0.2, 0.25) is 5.91 Å². The number of nitrogens with zero attached hydrogens (tertiary/aromatic N) is 1. The molecule has 1 aliphatic rings. The Morgan fingerprint density at radius 3 is 2.42 bits per heavy atom. The standard InChI is InChI=1S/C19H27ClN2O4/c1-13-10-16(11-14(2)19(13)20)26-12-17(23)21-15-4-7-22(8-5-15)18(24)6-9-25-3/h10-11,15H,4-9,12H2,1-3H3,(H,21,23). The number of amides is 2. The van der Waals surface area contributed by atoms with Gasteiger partial charge in [-0.15, -0.1) is 0 Å². The lowest BCUT2D eigenvalue weighted by atomic mass is 10.0. The fraction of sp³-hybridized carbons (Fsp3) is 0.579. The molecular formula is C19H27ClN2O4. The second kappa shape index (κ2) is 9.78. The van der Waals surface area contributed by atoms with E-state index in [-0.39, 0.29) is 24.5 Å². The van der Waals surface area contributed by atoms with Gasteiger partial charge in [-0.2, -0.15) is 0 Å². The molecule has 144 valence electrons. The molecule has 0 aromatic heterocycles. The summed E-state index contributed by atoms with van der Waals surface area (Å²) >= 11 is 6.13. The van der Waals surface area contributed by atoms with Crippen LogP contribution in [0.3, 0.4) is 0 Å². The van der Waals surface area contributed by atoms with Crippen LogP contribution in [0.2, 0.25) is 5.02 Å². The number of halogens is 1. The number of hydrogen-bond donors (Lipinski definition) is 1. The van der Waals surface area contributed by atoms with E-state index in [0.717, 1.165) is 24.0 Å². The quantitative estimate of drug-likeness (QED) is 0.786. The summed E-state index contributed by atoms with van der Waals surface area (Å²) in [6.45, 7) is 5.53. The van der Waals surface area contributed by atoms with Gasteiger partial charge in [0.05, 0.1) is 13.0 Å². The molecule has 2 rings (SSSR count). The molecule has 0 bridgehead atoms. The van der Waals surface area contributed by atoms with Gasteiger partial charge in [0.1, 0.15) is 5.75 Å².